The quantitative estimate of drug-likeness (QED) is 0.663. The maximum absolute atomic E-state index is 11.7. The molecule has 1 amide bonds. The lowest BCUT2D eigenvalue weighted by atomic mass is 10.1. The van der Waals surface area contributed by atoms with Crippen molar-refractivity contribution in [2.75, 3.05) is 11.9 Å². The number of ether oxygens (including phenoxy) is 1. The van der Waals surface area contributed by atoms with Crippen molar-refractivity contribution in [2.24, 2.45) is 11.7 Å². The lowest BCUT2D eigenvalue weighted by Crippen LogP contribution is -2.40. The van der Waals surface area contributed by atoms with E-state index in [1.54, 1.807) is 6.92 Å². The molecule has 0 aliphatic heterocycles. The van der Waals surface area contributed by atoms with Gasteiger partial charge in [-0.3, -0.25) is 9.89 Å². The maximum atomic E-state index is 11.7. The minimum absolute atomic E-state index is 0.000959. The van der Waals surface area contributed by atoms with E-state index in [1.165, 1.54) is 6.20 Å². The first-order valence-electron chi connectivity index (χ1n) is 5.74. The summed E-state index contributed by atoms with van der Waals surface area (Å²) in [5, 5.41) is 8.76. The average molecular weight is 254 g/mol. The van der Waals surface area contributed by atoms with Crippen LogP contribution in [0.5, 0.6) is 0 Å². The van der Waals surface area contributed by atoms with Crippen molar-refractivity contribution in [3.8, 4) is 0 Å². The first-order chi connectivity index (χ1) is 8.47. The Morgan fingerprint density at radius 2 is 2.22 bits per heavy atom. The minimum Gasteiger partial charge on any atom is -0.462 e. The van der Waals surface area contributed by atoms with Crippen molar-refractivity contribution >= 4 is 17.7 Å². The molecule has 0 saturated carbocycles. The van der Waals surface area contributed by atoms with Gasteiger partial charge < -0.3 is 15.8 Å². The number of hydrogen-bond acceptors (Lipinski definition) is 5. The molecule has 1 aromatic rings. The molecule has 18 heavy (non-hydrogen) atoms. The van der Waals surface area contributed by atoms with Gasteiger partial charge in [0.15, 0.2) is 0 Å². The van der Waals surface area contributed by atoms with Gasteiger partial charge >= 0.3 is 5.97 Å². The molecule has 1 unspecified atom stereocenters. The number of hydrogen-bond donors (Lipinski definition) is 3. The zero-order valence-corrected chi connectivity index (χ0v) is 10.7. The van der Waals surface area contributed by atoms with Crippen LogP contribution in [0.2, 0.25) is 0 Å². The Morgan fingerprint density at radius 3 is 2.78 bits per heavy atom. The standard InChI is InChI=1S/C11H18N4O3/c1-4-18-11(17)7-5-13-15-9(7)14-10(16)8(12)6(2)3/h5-6,8H,4,12H2,1-3H3,(H2,13,14,15,16). The summed E-state index contributed by atoms with van der Waals surface area (Å²) in [5.41, 5.74) is 5.88. The molecular weight excluding hydrogens is 236 g/mol. The van der Waals surface area contributed by atoms with Gasteiger partial charge in [0, 0.05) is 0 Å². The molecule has 0 fully saturated rings. The second-order valence-corrected chi connectivity index (χ2v) is 4.14. The number of nitrogens with two attached hydrogens (primary N) is 1. The van der Waals surface area contributed by atoms with Crippen molar-refractivity contribution in [2.45, 2.75) is 26.8 Å². The Labute approximate surface area is 105 Å². The number of aromatic nitrogens is 2. The highest BCUT2D eigenvalue weighted by atomic mass is 16.5. The van der Waals surface area contributed by atoms with E-state index in [4.69, 9.17) is 10.5 Å². The minimum atomic E-state index is -0.650. The number of aromatic amines is 1. The van der Waals surface area contributed by atoms with E-state index >= 15 is 0 Å². The van der Waals surface area contributed by atoms with E-state index in [9.17, 15) is 9.59 Å². The largest absolute Gasteiger partial charge is 0.462 e. The van der Waals surface area contributed by atoms with Gasteiger partial charge in [0.1, 0.15) is 11.4 Å². The summed E-state index contributed by atoms with van der Waals surface area (Å²) in [6.45, 7) is 5.63. The number of nitrogens with one attached hydrogen (secondary N) is 2. The molecule has 0 radical (unpaired) electrons. The number of amides is 1. The predicted molar refractivity (Wildman–Crippen MR) is 66.0 cm³/mol. The van der Waals surface area contributed by atoms with Crippen LogP contribution in [0.4, 0.5) is 5.82 Å². The summed E-state index contributed by atoms with van der Waals surface area (Å²) in [4.78, 5) is 23.3. The van der Waals surface area contributed by atoms with Crippen molar-refractivity contribution in [1.82, 2.24) is 10.2 Å². The normalized spacial score (nSPS) is 12.3. The Hall–Kier alpha value is -1.89. The second kappa shape index (κ2) is 6.15. The maximum Gasteiger partial charge on any atom is 0.343 e. The molecule has 1 aromatic heterocycles. The molecule has 0 bridgehead atoms. The molecule has 0 aliphatic rings. The summed E-state index contributed by atoms with van der Waals surface area (Å²) < 4.78 is 4.83. The average Bonchev–Trinajstić information content (AvgIpc) is 2.76. The lowest BCUT2D eigenvalue weighted by Gasteiger charge is -2.14. The molecule has 100 valence electrons. The summed E-state index contributed by atoms with van der Waals surface area (Å²) >= 11 is 0. The summed E-state index contributed by atoms with van der Waals surface area (Å²) in [6.07, 6.45) is 1.30. The van der Waals surface area contributed by atoms with Crippen molar-refractivity contribution in [1.29, 1.82) is 0 Å². The van der Waals surface area contributed by atoms with Gasteiger partial charge in [-0.2, -0.15) is 5.10 Å². The fourth-order valence-electron chi connectivity index (χ4n) is 1.25. The molecule has 0 saturated heterocycles. The second-order valence-electron chi connectivity index (χ2n) is 4.14. The molecule has 1 heterocycles. The Balaban J connectivity index is 2.77. The zero-order valence-electron chi connectivity index (χ0n) is 10.7. The van der Waals surface area contributed by atoms with Crippen molar-refractivity contribution < 1.29 is 14.3 Å². The van der Waals surface area contributed by atoms with Crippen LogP contribution in [-0.2, 0) is 9.53 Å². The number of carbonyl (C=O) groups is 2. The summed E-state index contributed by atoms with van der Waals surface area (Å²) in [6, 6.07) is -0.650. The van der Waals surface area contributed by atoms with E-state index < -0.39 is 12.0 Å². The van der Waals surface area contributed by atoms with Crippen LogP contribution in [-0.4, -0.2) is 34.7 Å². The third-order valence-corrected chi connectivity index (χ3v) is 2.40. The first-order valence-corrected chi connectivity index (χ1v) is 5.74. The number of H-pyrrole nitrogens is 1. The van der Waals surface area contributed by atoms with Crippen LogP contribution in [0, 0.1) is 5.92 Å². The Bertz CT molecular complexity index is 428. The molecule has 4 N–H and O–H groups in total. The van der Waals surface area contributed by atoms with Crippen LogP contribution in [0.15, 0.2) is 6.20 Å². The van der Waals surface area contributed by atoms with Gasteiger partial charge in [-0.05, 0) is 12.8 Å². The number of nitrogens with zero attached hydrogens (tertiary/aromatic N) is 1. The van der Waals surface area contributed by atoms with Crippen molar-refractivity contribution in [3.05, 3.63) is 11.8 Å². The number of anilines is 1. The molecule has 0 aromatic carbocycles. The van der Waals surface area contributed by atoms with Gasteiger partial charge in [0.25, 0.3) is 0 Å². The third kappa shape index (κ3) is 3.30. The van der Waals surface area contributed by atoms with Gasteiger partial charge in [0.05, 0.1) is 18.8 Å². The fraction of sp³-hybridized carbons (Fsp3) is 0.545. The van der Waals surface area contributed by atoms with Gasteiger partial charge in [-0.25, -0.2) is 4.79 Å². The molecule has 1 rings (SSSR count). The highest BCUT2D eigenvalue weighted by molar-refractivity contribution is 6.01. The van der Waals surface area contributed by atoms with E-state index in [2.05, 4.69) is 15.5 Å². The van der Waals surface area contributed by atoms with Gasteiger partial charge in [-0.1, -0.05) is 13.8 Å². The van der Waals surface area contributed by atoms with Gasteiger partial charge in [0.2, 0.25) is 5.91 Å². The molecule has 0 spiro atoms. The van der Waals surface area contributed by atoms with Crippen LogP contribution in [0.3, 0.4) is 0 Å². The van der Waals surface area contributed by atoms with E-state index in [0.717, 1.165) is 0 Å². The van der Waals surface area contributed by atoms with Crippen LogP contribution in [0.25, 0.3) is 0 Å². The Morgan fingerprint density at radius 1 is 1.56 bits per heavy atom. The monoisotopic (exact) mass is 254 g/mol. The van der Waals surface area contributed by atoms with Crippen molar-refractivity contribution in [3.63, 3.8) is 0 Å². The van der Waals surface area contributed by atoms with E-state index in [-0.39, 0.29) is 29.8 Å². The summed E-state index contributed by atoms with van der Waals surface area (Å²) in [5.74, 6) is -0.715. The smallest absolute Gasteiger partial charge is 0.343 e. The van der Waals surface area contributed by atoms with Crippen LogP contribution < -0.4 is 11.1 Å². The molecule has 0 aliphatic carbocycles. The van der Waals surface area contributed by atoms with Gasteiger partial charge in [-0.15, -0.1) is 0 Å². The molecule has 7 nitrogen and oxygen atoms in total. The van der Waals surface area contributed by atoms with E-state index in [1.807, 2.05) is 13.8 Å². The lowest BCUT2D eigenvalue weighted by molar-refractivity contribution is -0.118. The zero-order chi connectivity index (χ0) is 13.7. The first kappa shape index (κ1) is 14.2. The molecule has 1 atom stereocenters. The van der Waals surface area contributed by atoms with E-state index in [0.29, 0.717) is 0 Å². The SMILES string of the molecule is CCOC(=O)c1cn[nH]c1NC(=O)C(N)C(C)C. The van der Waals surface area contributed by atoms with Crippen LogP contribution in [0.1, 0.15) is 31.1 Å². The Kier molecular flexibility index (Phi) is 4.85. The highest BCUT2D eigenvalue weighted by Gasteiger charge is 2.21. The number of carbonyl (C=O) groups excluding carboxylic acids is 2. The number of rotatable bonds is 5. The molecular formula is C11H18N4O3. The molecule has 7 heteroatoms. The fourth-order valence-corrected chi connectivity index (χ4v) is 1.25. The summed E-state index contributed by atoms with van der Waals surface area (Å²) in [7, 11) is 0. The third-order valence-electron chi connectivity index (χ3n) is 2.40. The highest BCUT2D eigenvalue weighted by Crippen LogP contribution is 2.13. The topological polar surface area (TPSA) is 110 Å². The van der Waals surface area contributed by atoms with Crippen LogP contribution >= 0.6 is 0 Å². The number of esters is 1. The predicted octanol–water partition coefficient (Wildman–Crippen LogP) is 0.508.